The Kier molecular flexibility index (Phi) is 9.80. The first-order valence-corrected chi connectivity index (χ1v) is 12.2. The number of para-hydroxylation sites is 2. The van der Waals surface area contributed by atoms with Gasteiger partial charge in [0.25, 0.3) is 0 Å². The van der Waals surface area contributed by atoms with Crippen molar-refractivity contribution in [3.05, 3.63) is 52.5 Å². The first kappa shape index (κ1) is 25.0. The van der Waals surface area contributed by atoms with E-state index < -0.39 is 0 Å². The van der Waals surface area contributed by atoms with Crippen LogP contribution in [0.3, 0.4) is 0 Å². The number of nitrogens with zero attached hydrogens (tertiary/aromatic N) is 4. The minimum absolute atomic E-state index is 0. The summed E-state index contributed by atoms with van der Waals surface area (Å²) in [6, 6.07) is 12.7. The van der Waals surface area contributed by atoms with E-state index in [2.05, 4.69) is 72.7 Å². The number of piperidine rings is 1. The molecule has 1 fully saturated rings. The summed E-state index contributed by atoms with van der Waals surface area (Å²) in [5, 5.41) is 9.18. The summed E-state index contributed by atoms with van der Waals surface area (Å²) in [7, 11) is 1.85. The molecule has 3 aromatic rings. The van der Waals surface area contributed by atoms with Crippen molar-refractivity contribution in [2.24, 2.45) is 10.9 Å². The van der Waals surface area contributed by atoms with Gasteiger partial charge in [0.15, 0.2) is 5.96 Å². The molecule has 174 valence electrons. The summed E-state index contributed by atoms with van der Waals surface area (Å²) < 4.78 is 2.30. The molecular formula is C24H35IN6S. The van der Waals surface area contributed by atoms with E-state index in [9.17, 15) is 0 Å². The number of imidazole rings is 1. The van der Waals surface area contributed by atoms with Crippen LogP contribution in [0.1, 0.15) is 30.0 Å². The first-order valence-electron chi connectivity index (χ1n) is 11.3. The zero-order valence-corrected chi connectivity index (χ0v) is 22.2. The lowest BCUT2D eigenvalue weighted by Gasteiger charge is -2.32. The van der Waals surface area contributed by atoms with E-state index in [0.717, 1.165) is 55.8 Å². The predicted molar refractivity (Wildman–Crippen MR) is 146 cm³/mol. The predicted octanol–water partition coefficient (Wildman–Crippen LogP) is 4.49. The lowest BCUT2D eigenvalue weighted by Crippen LogP contribution is -2.43. The molecule has 0 atom stereocenters. The molecule has 2 aromatic heterocycles. The van der Waals surface area contributed by atoms with E-state index in [1.54, 1.807) is 0 Å². The topological polar surface area (TPSA) is 57.5 Å². The Balaban J connectivity index is 0.00000289. The minimum Gasteiger partial charge on any atom is -0.356 e. The number of rotatable bonds is 8. The van der Waals surface area contributed by atoms with Gasteiger partial charge in [0.1, 0.15) is 5.82 Å². The molecule has 0 saturated carbocycles. The highest BCUT2D eigenvalue weighted by Gasteiger charge is 2.19. The van der Waals surface area contributed by atoms with Crippen molar-refractivity contribution in [1.29, 1.82) is 0 Å². The van der Waals surface area contributed by atoms with Gasteiger partial charge in [-0.25, -0.2) is 4.98 Å². The fraction of sp³-hybridized carbons (Fsp3) is 0.500. The van der Waals surface area contributed by atoms with Gasteiger partial charge in [-0.2, -0.15) is 0 Å². The fourth-order valence-electron chi connectivity index (χ4n) is 4.36. The van der Waals surface area contributed by atoms with Crippen molar-refractivity contribution in [3.8, 4) is 0 Å². The second-order valence-corrected chi connectivity index (χ2v) is 9.36. The van der Waals surface area contributed by atoms with Gasteiger partial charge in [0.05, 0.1) is 11.0 Å². The summed E-state index contributed by atoms with van der Waals surface area (Å²) in [6.07, 6.45) is 3.54. The molecule has 1 saturated heterocycles. The van der Waals surface area contributed by atoms with Crippen LogP contribution >= 0.6 is 35.3 Å². The van der Waals surface area contributed by atoms with Crippen molar-refractivity contribution in [3.63, 3.8) is 0 Å². The number of hydrogen-bond acceptors (Lipinski definition) is 4. The Morgan fingerprint density at radius 1 is 1.16 bits per heavy atom. The molecular weight excluding hydrogens is 531 g/mol. The van der Waals surface area contributed by atoms with Crippen molar-refractivity contribution in [2.75, 3.05) is 33.2 Å². The molecule has 32 heavy (non-hydrogen) atoms. The zero-order valence-electron chi connectivity index (χ0n) is 19.1. The highest BCUT2D eigenvalue weighted by Crippen LogP contribution is 2.20. The van der Waals surface area contributed by atoms with E-state index >= 15 is 0 Å². The van der Waals surface area contributed by atoms with Crippen LogP contribution in [-0.4, -0.2) is 53.6 Å². The van der Waals surface area contributed by atoms with Crippen molar-refractivity contribution < 1.29 is 0 Å². The molecule has 2 N–H and O–H groups in total. The maximum atomic E-state index is 4.65. The third kappa shape index (κ3) is 6.68. The molecule has 1 aromatic carbocycles. The number of fused-ring (bicyclic) bond motifs is 1. The lowest BCUT2D eigenvalue weighted by molar-refractivity contribution is 0.179. The maximum absolute atomic E-state index is 4.65. The highest BCUT2D eigenvalue weighted by molar-refractivity contribution is 14.0. The largest absolute Gasteiger partial charge is 0.356 e. The zero-order chi connectivity index (χ0) is 21.5. The van der Waals surface area contributed by atoms with Crippen LogP contribution in [0.5, 0.6) is 0 Å². The third-order valence-electron chi connectivity index (χ3n) is 6.14. The average molecular weight is 567 g/mol. The van der Waals surface area contributed by atoms with E-state index in [4.69, 9.17) is 0 Å². The number of likely N-dealkylation sites (tertiary alicyclic amines) is 1. The molecule has 4 rings (SSSR count). The molecule has 1 aliphatic rings. The van der Waals surface area contributed by atoms with Gasteiger partial charge in [-0.15, -0.1) is 35.3 Å². The van der Waals surface area contributed by atoms with Crippen LogP contribution in [0.4, 0.5) is 0 Å². The molecule has 8 heteroatoms. The van der Waals surface area contributed by atoms with Crippen molar-refractivity contribution in [1.82, 2.24) is 25.1 Å². The molecule has 0 spiro atoms. The summed E-state index contributed by atoms with van der Waals surface area (Å²) in [5.41, 5.74) is 2.29. The average Bonchev–Trinajstić information content (AvgIpc) is 3.41. The van der Waals surface area contributed by atoms with E-state index in [0.29, 0.717) is 0 Å². The number of thiophene rings is 1. The van der Waals surface area contributed by atoms with Gasteiger partial charge in [0, 0.05) is 38.1 Å². The molecule has 0 aliphatic carbocycles. The van der Waals surface area contributed by atoms with Gasteiger partial charge in [-0.3, -0.25) is 9.89 Å². The maximum Gasteiger partial charge on any atom is 0.190 e. The number of guanidine groups is 1. The second kappa shape index (κ2) is 12.6. The number of aryl methyl sites for hydroxylation is 2. The highest BCUT2D eigenvalue weighted by atomic mass is 127. The molecule has 0 bridgehead atoms. The second-order valence-electron chi connectivity index (χ2n) is 8.33. The molecule has 0 amide bonds. The van der Waals surface area contributed by atoms with Crippen molar-refractivity contribution >= 4 is 52.3 Å². The Hall–Kier alpha value is -1.65. The molecule has 6 nitrogen and oxygen atoms in total. The smallest absolute Gasteiger partial charge is 0.190 e. The van der Waals surface area contributed by atoms with Crippen LogP contribution in [-0.2, 0) is 13.1 Å². The summed E-state index contributed by atoms with van der Waals surface area (Å²) in [6.45, 7) is 8.41. The van der Waals surface area contributed by atoms with Crippen LogP contribution in [0.25, 0.3) is 11.0 Å². The number of benzene rings is 1. The molecule has 0 radical (unpaired) electrons. The lowest BCUT2D eigenvalue weighted by atomic mass is 9.97. The van der Waals surface area contributed by atoms with Crippen LogP contribution in [0.15, 0.2) is 46.8 Å². The summed E-state index contributed by atoms with van der Waals surface area (Å²) in [4.78, 5) is 13.1. The summed E-state index contributed by atoms with van der Waals surface area (Å²) >= 11 is 1.86. The summed E-state index contributed by atoms with van der Waals surface area (Å²) in [5.74, 6) is 2.71. The fourth-order valence-corrected chi connectivity index (χ4v) is 5.10. The van der Waals surface area contributed by atoms with Gasteiger partial charge < -0.3 is 15.2 Å². The standard InChI is InChI=1S/C24H34N6S.HI/c1-19-28-22-8-3-4-9-23(22)30(19)13-6-12-26-24(25-2)27-17-20-10-14-29(15-11-20)18-21-7-5-16-31-21;/h3-5,7-9,16,20H,6,10-15,17-18H2,1-2H3,(H2,25,26,27);1H. The van der Waals surface area contributed by atoms with Gasteiger partial charge >= 0.3 is 0 Å². The van der Waals surface area contributed by atoms with Crippen LogP contribution in [0.2, 0.25) is 0 Å². The van der Waals surface area contributed by atoms with Gasteiger partial charge in [0.2, 0.25) is 0 Å². The monoisotopic (exact) mass is 566 g/mol. The van der Waals surface area contributed by atoms with E-state index in [1.165, 1.54) is 36.3 Å². The molecule has 0 unspecified atom stereocenters. The SMILES string of the molecule is CN=C(NCCCn1c(C)nc2ccccc21)NCC1CCN(Cc2cccs2)CC1.I. The number of aliphatic imine (C=N–C) groups is 1. The molecule has 3 heterocycles. The van der Waals surface area contributed by atoms with Crippen molar-refractivity contribution in [2.45, 2.75) is 39.3 Å². The first-order chi connectivity index (χ1) is 15.2. The molecule has 1 aliphatic heterocycles. The van der Waals surface area contributed by atoms with Crippen LogP contribution in [0, 0.1) is 12.8 Å². The Bertz CT molecular complexity index is 976. The Labute approximate surface area is 212 Å². The number of hydrogen-bond donors (Lipinski definition) is 2. The quantitative estimate of drug-likeness (QED) is 0.183. The number of aromatic nitrogens is 2. The minimum atomic E-state index is 0. The van der Waals surface area contributed by atoms with Gasteiger partial charge in [-0.05, 0) is 68.8 Å². The normalized spacial score (nSPS) is 15.6. The number of halogens is 1. The number of nitrogens with one attached hydrogen (secondary N) is 2. The Morgan fingerprint density at radius 2 is 1.97 bits per heavy atom. The van der Waals surface area contributed by atoms with E-state index in [-0.39, 0.29) is 24.0 Å². The van der Waals surface area contributed by atoms with Crippen LogP contribution < -0.4 is 10.6 Å². The van der Waals surface area contributed by atoms with Gasteiger partial charge in [-0.1, -0.05) is 18.2 Å². The third-order valence-corrected chi connectivity index (χ3v) is 7.01. The van der Waals surface area contributed by atoms with E-state index in [1.807, 2.05) is 24.5 Å². The Morgan fingerprint density at radius 3 is 2.72 bits per heavy atom.